The SMILES string of the molecule is CC(C)C1CCC(CNc2ncnc(N(Cc3ccc(C(F)(F)F)cc3)C3CC3)c2F)CC1. The van der Waals surface area contributed by atoms with Crippen LogP contribution in [0.1, 0.15) is 63.5 Å². The van der Waals surface area contributed by atoms with Crippen molar-refractivity contribution in [2.24, 2.45) is 17.8 Å². The lowest BCUT2D eigenvalue weighted by Gasteiger charge is -2.31. The second-order valence-corrected chi connectivity index (χ2v) is 9.82. The molecule has 2 aliphatic carbocycles. The van der Waals surface area contributed by atoms with Crippen LogP contribution >= 0.6 is 0 Å². The third-order valence-corrected chi connectivity index (χ3v) is 7.06. The van der Waals surface area contributed by atoms with Crippen molar-refractivity contribution < 1.29 is 17.6 Å². The van der Waals surface area contributed by atoms with Gasteiger partial charge in [0.2, 0.25) is 5.82 Å². The van der Waals surface area contributed by atoms with Gasteiger partial charge in [-0.1, -0.05) is 26.0 Å². The number of hydrogen-bond donors (Lipinski definition) is 1. The van der Waals surface area contributed by atoms with Gasteiger partial charge in [0, 0.05) is 19.1 Å². The molecule has 0 aliphatic heterocycles. The summed E-state index contributed by atoms with van der Waals surface area (Å²) in [5, 5.41) is 3.19. The second-order valence-electron chi connectivity index (χ2n) is 9.82. The first-order valence-electron chi connectivity index (χ1n) is 11.9. The van der Waals surface area contributed by atoms with E-state index in [1.165, 1.54) is 31.3 Å². The van der Waals surface area contributed by atoms with Crippen LogP contribution in [-0.2, 0) is 12.7 Å². The quantitative estimate of drug-likeness (QED) is 0.443. The summed E-state index contributed by atoms with van der Waals surface area (Å²) in [7, 11) is 0. The summed E-state index contributed by atoms with van der Waals surface area (Å²) in [4.78, 5) is 10.2. The van der Waals surface area contributed by atoms with Crippen molar-refractivity contribution in [1.82, 2.24) is 9.97 Å². The molecule has 2 saturated carbocycles. The van der Waals surface area contributed by atoms with Crippen LogP contribution in [0.2, 0.25) is 0 Å². The summed E-state index contributed by atoms with van der Waals surface area (Å²) in [5.74, 6) is 1.90. The molecular formula is C25H32F4N4. The number of anilines is 2. The summed E-state index contributed by atoms with van der Waals surface area (Å²) in [6, 6.07) is 5.17. The molecule has 33 heavy (non-hydrogen) atoms. The van der Waals surface area contributed by atoms with E-state index in [0.717, 1.165) is 43.7 Å². The van der Waals surface area contributed by atoms with E-state index >= 15 is 4.39 Å². The molecule has 0 atom stereocenters. The number of nitrogens with one attached hydrogen (secondary N) is 1. The van der Waals surface area contributed by atoms with Crippen LogP contribution in [0.25, 0.3) is 0 Å². The Morgan fingerprint density at radius 2 is 1.67 bits per heavy atom. The summed E-state index contributed by atoms with van der Waals surface area (Å²) in [5.41, 5.74) is -0.00399. The Labute approximate surface area is 192 Å². The van der Waals surface area contributed by atoms with Crippen molar-refractivity contribution in [1.29, 1.82) is 0 Å². The van der Waals surface area contributed by atoms with E-state index < -0.39 is 17.6 Å². The number of aromatic nitrogens is 2. The third-order valence-electron chi connectivity index (χ3n) is 7.06. The van der Waals surface area contributed by atoms with Crippen molar-refractivity contribution in [2.45, 2.75) is 71.1 Å². The molecule has 0 bridgehead atoms. The molecule has 180 valence electrons. The van der Waals surface area contributed by atoms with Crippen molar-refractivity contribution in [3.63, 3.8) is 0 Å². The number of halogens is 4. The molecule has 1 N–H and O–H groups in total. The number of benzene rings is 1. The second kappa shape index (κ2) is 9.85. The minimum absolute atomic E-state index is 0.135. The topological polar surface area (TPSA) is 41.1 Å². The Morgan fingerprint density at radius 1 is 1.00 bits per heavy atom. The lowest BCUT2D eigenvalue weighted by Crippen LogP contribution is -2.28. The lowest BCUT2D eigenvalue weighted by molar-refractivity contribution is -0.137. The van der Waals surface area contributed by atoms with E-state index in [2.05, 4.69) is 29.1 Å². The monoisotopic (exact) mass is 464 g/mol. The Balaban J connectivity index is 1.42. The van der Waals surface area contributed by atoms with Gasteiger partial charge in [-0.2, -0.15) is 17.6 Å². The summed E-state index contributed by atoms with van der Waals surface area (Å²) >= 11 is 0. The van der Waals surface area contributed by atoms with Crippen LogP contribution in [0, 0.1) is 23.6 Å². The van der Waals surface area contributed by atoms with E-state index in [9.17, 15) is 13.2 Å². The molecule has 0 saturated heterocycles. The maximum Gasteiger partial charge on any atom is 0.416 e. The Hall–Kier alpha value is -2.38. The summed E-state index contributed by atoms with van der Waals surface area (Å²) in [6.07, 6.45) is 3.50. The molecule has 2 fully saturated rings. The maximum atomic E-state index is 15.4. The highest BCUT2D eigenvalue weighted by atomic mass is 19.4. The fraction of sp³-hybridized carbons (Fsp3) is 0.600. The highest BCUT2D eigenvalue weighted by molar-refractivity contribution is 5.52. The first-order chi connectivity index (χ1) is 15.7. The molecule has 4 nitrogen and oxygen atoms in total. The normalized spacial score (nSPS) is 21.3. The van der Waals surface area contributed by atoms with Crippen LogP contribution in [-0.4, -0.2) is 22.6 Å². The minimum atomic E-state index is -4.37. The van der Waals surface area contributed by atoms with Crippen LogP contribution in [0.5, 0.6) is 0 Å². The zero-order valence-corrected chi connectivity index (χ0v) is 19.2. The van der Waals surface area contributed by atoms with Crippen LogP contribution < -0.4 is 10.2 Å². The van der Waals surface area contributed by atoms with Crippen molar-refractivity contribution in [3.8, 4) is 0 Å². The first-order valence-corrected chi connectivity index (χ1v) is 11.9. The number of rotatable bonds is 8. The number of nitrogens with zero attached hydrogens (tertiary/aromatic N) is 3. The van der Waals surface area contributed by atoms with Crippen molar-refractivity contribution >= 4 is 11.6 Å². The van der Waals surface area contributed by atoms with Gasteiger partial charge in [0.1, 0.15) is 6.33 Å². The molecule has 1 aromatic heterocycles. The number of alkyl halides is 3. The van der Waals surface area contributed by atoms with Gasteiger partial charge in [-0.3, -0.25) is 0 Å². The predicted molar refractivity (Wildman–Crippen MR) is 121 cm³/mol. The molecule has 0 radical (unpaired) electrons. The standard InChI is InChI=1S/C25H32F4N4/c1-16(2)19-7-3-17(4-8-19)13-30-23-22(26)24(32-15-31-23)33(21-11-12-21)14-18-5-9-20(10-6-18)25(27,28)29/h5-6,9-10,15-17,19,21H,3-4,7-8,11-14H2,1-2H3,(H,30,31,32). The van der Waals surface area contributed by atoms with Crippen molar-refractivity contribution in [2.75, 3.05) is 16.8 Å². The smallest absolute Gasteiger partial charge is 0.367 e. The first kappa shape index (κ1) is 23.8. The highest BCUT2D eigenvalue weighted by Gasteiger charge is 2.34. The molecule has 4 rings (SSSR count). The minimum Gasteiger partial charge on any atom is -0.367 e. The van der Waals surface area contributed by atoms with Gasteiger partial charge in [-0.25, -0.2) is 9.97 Å². The van der Waals surface area contributed by atoms with E-state index in [4.69, 9.17) is 0 Å². The van der Waals surface area contributed by atoms with Crippen LogP contribution in [0.4, 0.5) is 29.2 Å². The maximum absolute atomic E-state index is 15.4. The van der Waals surface area contributed by atoms with Gasteiger partial charge in [0.25, 0.3) is 0 Å². The molecular weight excluding hydrogens is 432 g/mol. The summed E-state index contributed by atoms with van der Waals surface area (Å²) < 4.78 is 54.0. The molecule has 1 heterocycles. The van der Waals surface area contributed by atoms with E-state index in [1.807, 2.05) is 4.90 Å². The zero-order chi connectivity index (χ0) is 23.6. The van der Waals surface area contributed by atoms with Gasteiger partial charge in [0.15, 0.2) is 11.6 Å². The van der Waals surface area contributed by atoms with E-state index in [-0.39, 0.29) is 17.7 Å². The van der Waals surface area contributed by atoms with Crippen LogP contribution in [0.3, 0.4) is 0 Å². The summed E-state index contributed by atoms with van der Waals surface area (Å²) in [6.45, 7) is 5.53. The Bertz CT molecular complexity index is 917. The number of hydrogen-bond acceptors (Lipinski definition) is 4. The lowest BCUT2D eigenvalue weighted by atomic mass is 9.77. The molecule has 2 aliphatic rings. The van der Waals surface area contributed by atoms with Crippen molar-refractivity contribution in [3.05, 3.63) is 47.5 Å². The molecule has 8 heteroatoms. The average Bonchev–Trinajstić information content (AvgIpc) is 3.62. The van der Waals surface area contributed by atoms with E-state index in [0.29, 0.717) is 30.5 Å². The van der Waals surface area contributed by atoms with Crippen LogP contribution in [0.15, 0.2) is 30.6 Å². The molecule has 1 aromatic carbocycles. The van der Waals surface area contributed by atoms with E-state index in [1.54, 1.807) is 0 Å². The third kappa shape index (κ3) is 5.95. The molecule has 0 amide bonds. The Morgan fingerprint density at radius 3 is 2.24 bits per heavy atom. The molecule has 0 unspecified atom stereocenters. The molecule has 0 spiro atoms. The Kier molecular flexibility index (Phi) is 7.10. The molecule has 2 aromatic rings. The largest absolute Gasteiger partial charge is 0.416 e. The van der Waals surface area contributed by atoms with Gasteiger partial charge < -0.3 is 10.2 Å². The van der Waals surface area contributed by atoms with Gasteiger partial charge in [-0.15, -0.1) is 0 Å². The fourth-order valence-corrected chi connectivity index (χ4v) is 4.74. The fourth-order valence-electron chi connectivity index (χ4n) is 4.74. The van der Waals surface area contributed by atoms with Gasteiger partial charge in [0.05, 0.1) is 5.56 Å². The van der Waals surface area contributed by atoms with Gasteiger partial charge >= 0.3 is 6.18 Å². The van der Waals surface area contributed by atoms with Gasteiger partial charge in [-0.05, 0) is 74.0 Å². The predicted octanol–water partition coefficient (Wildman–Crippen LogP) is 6.68. The zero-order valence-electron chi connectivity index (χ0n) is 19.2. The average molecular weight is 465 g/mol. The highest BCUT2D eigenvalue weighted by Crippen LogP contribution is 2.36.